The van der Waals surface area contributed by atoms with E-state index in [0.29, 0.717) is 6.04 Å². The van der Waals surface area contributed by atoms with Crippen LogP contribution in [0.25, 0.3) is 0 Å². The summed E-state index contributed by atoms with van der Waals surface area (Å²) in [5.41, 5.74) is 7.68. The Hall–Kier alpha value is -0.730. The number of halogens is 1. The molecule has 14 heavy (non-hydrogen) atoms. The van der Waals surface area contributed by atoms with Gasteiger partial charge < -0.3 is 11.1 Å². The average molecular weight is 211 g/mol. The summed E-state index contributed by atoms with van der Waals surface area (Å²) in [5, 5.41) is 4.28. The van der Waals surface area contributed by atoms with E-state index in [9.17, 15) is 0 Å². The molecule has 3 heteroatoms. The van der Waals surface area contributed by atoms with Gasteiger partial charge in [0.1, 0.15) is 0 Å². The standard InChI is InChI=1S/C11H15ClN2/c12-10-5-4-8(13)7-9(10)11-3-1-2-6-14-11/h4-5,7,11,14H,1-3,6,13H2/t11-/m0/s1. The summed E-state index contributed by atoms with van der Waals surface area (Å²) in [5.74, 6) is 0. The zero-order valence-corrected chi connectivity index (χ0v) is 8.85. The normalized spacial score (nSPS) is 22.2. The van der Waals surface area contributed by atoms with Crippen molar-refractivity contribution in [2.45, 2.75) is 25.3 Å². The van der Waals surface area contributed by atoms with Gasteiger partial charge in [0.15, 0.2) is 0 Å². The lowest BCUT2D eigenvalue weighted by Gasteiger charge is -2.24. The van der Waals surface area contributed by atoms with Crippen molar-refractivity contribution in [1.29, 1.82) is 0 Å². The lowest BCUT2D eigenvalue weighted by Crippen LogP contribution is -2.27. The number of nitrogens with one attached hydrogen (secondary N) is 1. The van der Waals surface area contributed by atoms with Crippen LogP contribution >= 0.6 is 11.6 Å². The van der Waals surface area contributed by atoms with Crippen LogP contribution in [-0.2, 0) is 0 Å². The average Bonchev–Trinajstić information content (AvgIpc) is 2.23. The van der Waals surface area contributed by atoms with Gasteiger partial charge in [0, 0.05) is 16.8 Å². The molecular weight excluding hydrogens is 196 g/mol. The number of hydrogen-bond acceptors (Lipinski definition) is 2. The van der Waals surface area contributed by atoms with Gasteiger partial charge in [-0.05, 0) is 43.1 Å². The summed E-state index contributed by atoms with van der Waals surface area (Å²) in [6, 6.07) is 6.09. The molecule has 1 atom stereocenters. The molecule has 1 aromatic rings. The van der Waals surface area contributed by atoms with Gasteiger partial charge in [-0.1, -0.05) is 18.0 Å². The Morgan fingerprint density at radius 2 is 2.21 bits per heavy atom. The third-order valence-corrected chi connectivity index (χ3v) is 3.05. The quantitative estimate of drug-likeness (QED) is 0.700. The Morgan fingerprint density at radius 1 is 1.36 bits per heavy atom. The first-order valence-corrected chi connectivity index (χ1v) is 5.43. The second kappa shape index (κ2) is 4.20. The molecule has 2 rings (SSSR count). The van der Waals surface area contributed by atoms with E-state index < -0.39 is 0 Å². The molecule has 0 saturated carbocycles. The molecule has 0 unspecified atom stereocenters. The zero-order valence-electron chi connectivity index (χ0n) is 8.09. The van der Waals surface area contributed by atoms with Crippen LogP contribution in [0.15, 0.2) is 18.2 Å². The van der Waals surface area contributed by atoms with Gasteiger partial charge in [0.05, 0.1) is 0 Å². The van der Waals surface area contributed by atoms with E-state index in [4.69, 9.17) is 17.3 Å². The number of rotatable bonds is 1. The van der Waals surface area contributed by atoms with Crippen molar-refractivity contribution in [3.8, 4) is 0 Å². The van der Waals surface area contributed by atoms with Gasteiger partial charge in [-0.15, -0.1) is 0 Å². The minimum atomic E-state index is 0.389. The predicted molar refractivity (Wildman–Crippen MR) is 60.5 cm³/mol. The van der Waals surface area contributed by atoms with Crippen LogP contribution in [0.1, 0.15) is 30.9 Å². The van der Waals surface area contributed by atoms with E-state index in [1.54, 1.807) is 0 Å². The fourth-order valence-corrected chi connectivity index (χ4v) is 2.20. The molecule has 0 amide bonds. The van der Waals surface area contributed by atoms with Gasteiger partial charge in [-0.25, -0.2) is 0 Å². The van der Waals surface area contributed by atoms with Crippen LogP contribution in [0.4, 0.5) is 5.69 Å². The Labute approximate surface area is 89.4 Å². The van der Waals surface area contributed by atoms with E-state index in [1.165, 1.54) is 12.8 Å². The molecular formula is C11H15ClN2. The van der Waals surface area contributed by atoms with Crippen LogP contribution in [0, 0.1) is 0 Å². The monoisotopic (exact) mass is 210 g/mol. The largest absolute Gasteiger partial charge is 0.399 e. The molecule has 0 radical (unpaired) electrons. The molecule has 0 aromatic heterocycles. The maximum absolute atomic E-state index is 6.13. The molecule has 0 bridgehead atoms. The Morgan fingerprint density at radius 3 is 2.93 bits per heavy atom. The maximum Gasteiger partial charge on any atom is 0.0455 e. The Bertz CT molecular complexity index is 319. The molecule has 76 valence electrons. The van der Waals surface area contributed by atoms with Gasteiger partial charge in [0.2, 0.25) is 0 Å². The molecule has 0 aliphatic carbocycles. The summed E-state index contributed by atoms with van der Waals surface area (Å²) >= 11 is 6.13. The summed E-state index contributed by atoms with van der Waals surface area (Å²) in [7, 11) is 0. The summed E-state index contributed by atoms with van der Waals surface area (Å²) < 4.78 is 0. The van der Waals surface area contributed by atoms with Crippen molar-refractivity contribution < 1.29 is 0 Å². The predicted octanol–water partition coefficient (Wildman–Crippen LogP) is 2.74. The van der Waals surface area contributed by atoms with Crippen molar-refractivity contribution in [2.24, 2.45) is 0 Å². The highest BCUT2D eigenvalue weighted by molar-refractivity contribution is 6.31. The van der Waals surface area contributed by atoms with E-state index in [1.807, 2.05) is 18.2 Å². The fourth-order valence-electron chi connectivity index (χ4n) is 1.95. The van der Waals surface area contributed by atoms with Gasteiger partial charge in [-0.3, -0.25) is 0 Å². The van der Waals surface area contributed by atoms with Gasteiger partial charge >= 0.3 is 0 Å². The molecule has 1 aliphatic rings. The van der Waals surface area contributed by atoms with Crippen LogP contribution < -0.4 is 11.1 Å². The fraction of sp³-hybridized carbons (Fsp3) is 0.455. The van der Waals surface area contributed by atoms with Crippen LogP contribution in [0.5, 0.6) is 0 Å². The molecule has 0 spiro atoms. The second-order valence-electron chi connectivity index (χ2n) is 3.78. The highest BCUT2D eigenvalue weighted by Gasteiger charge is 2.17. The third-order valence-electron chi connectivity index (χ3n) is 2.71. The lowest BCUT2D eigenvalue weighted by atomic mass is 9.97. The molecule has 1 heterocycles. The third kappa shape index (κ3) is 2.02. The highest BCUT2D eigenvalue weighted by Crippen LogP contribution is 2.30. The van der Waals surface area contributed by atoms with E-state index in [-0.39, 0.29) is 0 Å². The van der Waals surface area contributed by atoms with Crippen molar-refractivity contribution in [1.82, 2.24) is 5.32 Å². The molecule has 1 aliphatic heterocycles. The van der Waals surface area contributed by atoms with E-state index in [0.717, 1.165) is 29.2 Å². The molecule has 1 fully saturated rings. The SMILES string of the molecule is Nc1ccc(Cl)c([C@@H]2CCCCN2)c1. The van der Waals surface area contributed by atoms with E-state index in [2.05, 4.69) is 5.32 Å². The first-order chi connectivity index (χ1) is 6.77. The van der Waals surface area contributed by atoms with Crippen LogP contribution in [0.3, 0.4) is 0 Å². The molecule has 1 aromatic carbocycles. The molecule has 2 nitrogen and oxygen atoms in total. The number of piperidine rings is 1. The topological polar surface area (TPSA) is 38.0 Å². The van der Waals surface area contributed by atoms with E-state index >= 15 is 0 Å². The minimum Gasteiger partial charge on any atom is -0.399 e. The number of nitrogen functional groups attached to an aromatic ring is 1. The smallest absolute Gasteiger partial charge is 0.0455 e. The van der Waals surface area contributed by atoms with Crippen molar-refractivity contribution >= 4 is 17.3 Å². The van der Waals surface area contributed by atoms with Crippen molar-refractivity contribution in [3.63, 3.8) is 0 Å². The molecule has 3 N–H and O–H groups in total. The number of anilines is 1. The Balaban J connectivity index is 2.24. The second-order valence-corrected chi connectivity index (χ2v) is 4.19. The number of benzene rings is 1. The minimum absolute atomic E-state index is 0.389. The summed E-state index contributed by atoms with van der Waals surface area (Å²) in [6.45, 7) is 1.08. The van der Waals surface area contributed by atoms with Gasteiger partial charge in [0.25, 0.3) is 0 Å². The van der Waals surface area contributed by atoms with Crippen molar-refractivity contribution in [3.05, 3.63) is 28.8 Å². The summed E-state index contributed by atoms with van der Waals surface area (Å²) in [4.78, 5) is 0. The summed E-state index contributed by atoms with van der Waals surface area (Å²) in [6.07, 6.45) is 3.68. The maximum atomic E-state index is 6.13. The van der Waals surface area contributed by atoms with Gasteiger partial charge in [-0.2, -0.15) is 0 Å². The first-order valence-electron chi connectivity index (χ1n) is 5.05. The Kier molecular flexibility index (Phi) is 2.94. The first kappa shape index (κ1) is 9.81. The number of hydrogen-bond donors (Lipinski definition) is 2. The molecule has 1 saturated heterocycles. The zero-order chi connectivity index (χ0) is 9.97. The highest BCUT2D eigenvalue weighted by atomic mass is 35.5. The van der Waals surface area contributed by atoms with Crippen LogP contribution in [0.2, 0.25) is 5.02 Å². The number of nitrogens with two attached hydrogens (primary N) is 1. The van der Waals surface area contributed by atoms with Crippen molar-refractivity contribution in [2.75, 3.05) is 12.3 Å². The lowest BCUT2D eigenvalue weighted by molar-refractivity contribution is 0.412. The van der Waals surface area contributed by atoms with Crippen LogP contribution in [-0.4, -0.2) is 6.54 Å².